The maximum Gasteiger partial charge on any atom is 0.309 e. The summed E-state index contributed by atoms with van der Waals surface area (Å²) in [4.78, 5) is 25.2. The standard InChI is InChI=1S/C10H13N3O3S/c14-9(15)5-8-6-17-10(11-8)7-1-3-13(12-16)4-2-7/h6-7H,1-5H2,(H,14,15). The van der Waals surface area contributed by atoms with Crippen molar-refractivity contribution < 1.29 is 9.90 Å². The van der Waals surface area contributed by atoms with Crippen molar-refractivity contribution in [1.29, 1.82) is 0 Å². The zero-order valence-corrected chi connectivity index (χ0v) is 10.0. The predicted molar refractivity (Wildman–Crippen MR) is 62.8 cm³/mol. The lowest BCUT2D eigenvalue weighted by atomic mass is 9.99. The molecule has 0 radical (unpaired) electrons. The van der Waals surface area contributed by atoms with E-state index in [1.807, 2.05) is 0 Å². The summed E-state index contributed by atoms with van der Waals surface area (Å²) in [6, 6.07) is 0. The van der Waals surface area contributed by atoms with E-state index in [-0.39, 0.29) is 6.42 Å². The Morgan fingerprint density at radius 1 is 1.59 bits per heavy atom. The molecule has 2 rings (SSSR count). The molecule has 92 valence electrons. The second-order valence-electron chi connectivity index (χ2n) is 4.06. The molecule has 1 fully saturated rings. The van der Waals surface area contributed by atoms with Crippen LogP contribution in [0, 0.1) is 4.91 Å². The molecule has 0 amide bonds. The highest BCUT2D eigenvalue weighted by Gasteiger charge is 2.23. The summed E-state index contributed by atoms with van der Waals surface area (Å²) >= 11 is 1.51. The smallest absolute Gasteiger partial charge is 0.309 e. The van der Waals surface area contributed by atoms with Gasteiger partial charge in [-0.1, -0.05) is 0 Å². The average molecular weight is 255 g/mol. The minimum Gasteiger partial charge on any atom is -0.481 e. The second-order valence-corrected chi connectivity index (χ2v) is 4.95. The Balaban J connectivity index is 1.96. The third-order valence-corrected chi connectivity index (χ3v) is 3.89. The zero-order chi connectivity index (χ0) is 12.3. The molecule has 0 aliphatic carbocycles. The van der Waals surface area contributed by atoms with E-state index in [4.69, 9.17) is 5.11 Å². The topological polar surface area (TPSA) is 82.9 Å². The van der Waals surface area contributed by atoms with Gasteiger partial charge in [-0.25, -0.2) is 4.98 Å². The number of carbonyl (C=O) groups is 1. The highest BCUT2D eigenvalue weighted by molar-refractivity contribution is 7.09. The molecule has 0 saturated carbocycles. The Morgan fingerprint density at radius 2 is 2.29 bits per heavy atom. The number of aliphatic carboxylic acids is 1. The lowest BCUT2D eigenvalue weighted by Crippen LogP contribution is -2.28. The van der Waals surface area contributed by atoms with Crippen molar-refractivity contribution in [3.8, 4) is 0 Å². The van der Waals surface area contributed by atoms with Gasteiger partial charge in [0.05, 0.1) is 22.4 Å². The third-order valence-electron chi connectivity index (χ3n) is 2.84. The summed E-state index contributed by atoms with van der Waals surface area (Å²) in [5, 5.41) is 15.9. The summed E-state index contributed by atoms with van der Waals surface area (Å²) in [6.07, 6.45) is 1.68. The summed E-state index contributed by atoms with van der Waals surface area (Å²) in [5.41, 5.74) is 0.619. The molecule has 17 heavy (non-hydrogen) atoms. The fourth-order valence-electron chi connectivity index (χ4n) is 1.94. The zero-order valence-electron chi connectivity index (χ0n) is 9.20. The van der Waals surface area contributed by atoms with Gasteiger partial charge in [0.2, 0.25) is 0 Å². The van der Waals surface area contributed by atoms with E-state index in [1.165, 1.54) is 16.3 Å². The molecule has 7 heteroatoms. The fraction of sp³-hybridized carbons (Fsp3) is 0.600. The SMILES string of the molecule is O=NN1CCC(c2nc(CC(=O)O)cs2)CC1. The summed E-state index contributed by atoms with van der Waals surface area (Å²) in [6.45, 7) is 1.31. The first kappa shape index (κ1) is 12.0. The Labute approximate surface area is 102 Å². The molecule has 0 atom stereocenters. The van der Waals surface area contributed by atoms with Crippen molar-refractivity contribution in [2.45, 2.75) is 25.2 Å². The minimum atomic E-state index is -0.859. The van der Waals surface area contributed by atoms with E-state index in [1.54, 1.807) is 5.38 Å². The number of carboxylic acid groups (broad SMARTS) is 1. The Kier molecular flexibility index (Phi) is 3.68. The molecule has 0 unspecified atom stereocenters. The molecule has 1 N–H and O–H groups in total. The molecule has 1 aromatic heterocycles. The van der Waals surface area contributed by atoms with Crippen molar-refractivity contribution in [2.75, 3.05) is 13.1 Å². The molecule has 2 heterocycles. The first-order valence-corrected chi connectivity index (χ1v) is 6.31. The molecule has 1 saturated heterocycles. The van der Waals surface area contributed by atoms with Gasteiger partial charge in [0, 0.05) is 24.4 Å². The minimum absolute atomic E-state index is 0.0226. The molecule has 0 aromatic carbocycles. The molecular formula is C10H13N3O3S. The Hall–Kier alpha value is -1.50. The number of rotatable bonds is 4. The van der Waals surface area contributed by atoms with E-state index in [0.29, 0.717) is 24.7 Å². The number of piperidine rings is 1. The van der Waals surface area contributed by atoms with Crippen LogP contribution in [0.1, 0.15) is 29.5 Å². The molecule has 1 aliphatic heterocycles. The second kappa shape index (κ2) is 5.22. The first-order valence-electron chi connectivity index (χ1n) is 5.43. The van der Waals surface area contributed by atoms with Crippen molar-refractivity contribution in [3.05, 3.63) is 21.0 Å². The van der Waals surface area contributed by atoms with Gasteiger partial charge in [0.15, 0.2) is 0 Å². The van der Waals surface area contributed by atoms with Crippen LogP contribution >= 0.6 is 11.3 Å². The van der Waals surface area contributed by atoms with Crippen molar-refractivity contribution in [3.63, 3.8) is 0 Å². The van der Waals surface area contributed by atoms with Crippen molar-refractivity contribution in [1.82, 2.24) is 9.99 Å². The molecule has 6 nitrogen and oxygen atoms in total. The van der Waals surface area contributed by atoms with Crippen LogP contribution in [0.25, 0.3) is 0 Å². The summed E-state index contributed by atoms with van der Waals surface area (Å²) in [5.74, 6) is -0.526. The third kappa shape index (κ3) is 3.00. The number of carboxylic acids is 1. The quantitative estimate of drug-likeness (QED) is 0.827. The fourth-order valence-corrected chi connectivity index (χ4v) is 2.93. The van der Waals surface area contributed by atoms with Crippen LogP contribution in [-0.4, -0.2) is 34.2 Å². The van der Waals surface area contributed by atoms with Crippen LogP contribution in [0.4, 0.5) is 0 Å². The predicted octanol–water partition coefficient (Wildman–Crippen LogP) is 1.63. The van der Waals surface area contributed by atoms with Crippen LogP contribution in [-0.2, 0) is 11.2 Å². The van der Waals surface area contributed by atoms with Crippen LogP contribution in [0.2, 0.25) is 0 Å². The van der Waals surface area contributed by atoms with Gasteiger partial charge in [-0.3, -0.25) is 9.80 Å². The van der Waals surface area contributed by atoms with E-state index < -0.39 is 5.97 Å². The van der Waals surface area contributed by atoms with E-state index in [2.05, 4.69) is 10.3 Å². The lowest BCUT2D eigenvalue weighted by Gasteiger charge is -2.26. The van der Waals surface area contributed by atoms with Crippen LogP contribution in [0.5, 0.6) is 0 Å². The first-order chi connectivity index (χ1) is 8.19. The van der Waals surface area contributed by atoms with Crippen molar-refractivity contribution in [2.24, 2.45) is 5.29 Å². The molecular weight excluding hydrogens is 242 g/mol. The van der Waals surface area contributed by atoms with Gasteiger partial charge in [-0.05, 0) is 12.8 Å². The summed E-state index contributed by atoms with van der Waals surface area (Å²) < 4.78 is 0. The van der Waals surface area contributed by atoms with E-state index in [9.17, 15) is 9.70 Å². The van der Waals surface area contributed by atoms with E-state index >= 15 is 0 Å². The Morgan fingerprint density at radius 3 is 2.88 bits per heavy atom. The number of aromatic nitrogens is 1. The maximum atomic E-state index is 10.5. The Bertz CT molecular complexity index is 413. The van der Waals surface area contributed by atoms with Gasteiger partial charge < -0.3 is 5.11 Å². The molecule has 0 spiro atoms. The normalized spacial score (nSPS) is 17.1. The highest BCUT2D eigenvalue weighted by Crippen LogP contribution is 2.30. The van der Waals surface area contributed by atoms with Crippen LogP contribution in [0.3, 0.4) is 0 Å². The van der Waals surface area contributed by atoms with Gasteiger partial charge >= 0.3 is 5.97 Å². The average Bonchev–Trinajstić information content (AvgIpc) is 2.77. The van der Waals surface area contributed by atoms with Gasteiger partial charge in [-0.15, -0.1) is 16.2 Å². The lowest BCUT2D eigenvalue weighted by molar-refractivity contribution is -0.136. The highest BCUT2D eigenvalue weighted by atomic mass is 32.1. The molecule has 1 aromatic rings. The number of thiazole rings is 1. The monoisotopic (exact) mass is 255 g/mol. The number of hydrogen-bond donors (Lipinski definition) is 1. The summed E-state index contributed by atoms with van der Waals surface area (Å²) in [7, 11) is 0. The van der Waals surface area contributed by atoms with Crippen LogP contribution in [0.15, 0.2) is 10.7 Å². The van der Waals surface area contributed by atoms with E-state index in [0.717, 1.165) is 17.8 Å². The number of nitrogens with zero attached hydrogens (tertiary/aromatic N) is 3. The molecule has 1 aliphatic rings. The van der Waals surface area contributed by atoms with Crippen molar-refractivity contribution >= 4 is 17.3 Å². The maximum absolute atomic E-state index is 10.5. The van der Waals surface area contributed by atoms with Gasteiger partial charge in [0.1, 0.15) is 0 Å². The van der Waals surface area contributed by atoms with Crippen LogP contribution < -0.4 is 0 Å². The van der Waals surface area contributed by atoms with Gasteiger partial charge in [-0.2, -0.15) is 0 Å². The molecule has 0 bridgehead atoms. The largest absolute Gasteiger partial charge is 0.481 e. The number of hydrogen-bond acceptors (Lipinski definition) is 5. The van der Waals surface area contributed by atoms with Gasteiger partial charge in [0.25, 0.3) is 0 Å². The number of nitroso groups, excluding NO2 is 1.